The van der Waals surface area contributed by atoms with Crippen LogP contribution in [-0.2, 0) is 9.59 Å². The van der Waals surface area contributed by atoms with Crippen LogP contribution in [-0.4, -0.2) is 106 Å². The van der Waals surface area contributed by atoms with E-state index in [4.69, 9.17) is 14.4 Å². The van der Waals surface area contributed by atoms with Crippen LogP contribution >= 0.6 is 0 Å². The van der Waals surface area contributed by atoms with Gasteiger partial charge in [-0.3, -0.25) is 24.4 Å². The lowest BCUT2D eigenvalue weighted by atomic mass is 10.0. The monoisotopic (exact) mass is 739 g/mol. The minimum absolute atomic E-state index is 0.0868. The predicted octanol–water partition coefficient (Wildman–Crippen LogP) is 6.03. The highest BCUT2D eigenvalue weighted by Crippen LogP contribution is 2.36. The number of carbonyl (C=O) groups is 2. The lowest BCUT2D eigenvalue weighted by molar-refractivity contribution is -0.137. The summed E-state index contributed by atoms with van der Waals surface area (Å²) >= 11 is 0. The molecule has 12 heteroatoms. The van der Waals surface area contributed by atoms with E-state index >= 15 is 0 Å². The summed E-state index contributed by atoms with van der Waals surface area (Å²) in [5.41, 5.74) is 4.69. The summed E-state index contributed by atoms with van der Waals surface area (Å²) in [6, 6.07) is 26.8. The molecule has 2 N–H and O–H groups in total. The largest absolute Gasteiger partial charge is 0.438 e. The Morgan fingerprint density at radius 3 is 1.98 bits per heavy atom. The molecule has 0 saturated carbocycles. The number of nitrogens with zero attached hydrogens (tertiary/aromatic N) is 7. The van der Waals surface area contributed by atoms with Gasteiger partial charge < -0.3 is 24.5 Å². The molecule has 5 heterocycles. The number of aromatic amines is 1. The molecule has 5 atom stereocenters. The van der Waals surface area contributed by atoms with Gasteiger partial charge in [0.2, 0.25) is 17.7 Å². The fraction of sp³-hybridized carbons (Fsp3) is 0.372. The SMILES string of the molecule is CN(C)[C@@H](C(=O)N1CCC[C@H]1C1=NC(c2ncc(-c3cccc(-c4cnc([C@@H]5CCCN5C(=O)[C@@H](c5ccccc5)N(C)C)[nH]4)c3)o2)CN1)c1ccccc1. The zero-order valence-corrected chi connectivity index (χ0v) is 31.9. The smallest absolute Gasteiger partial charge is 0.245 e. The van der Waals surface area contributed by atoms with E-state index in [2.05, 4.69) is 21.4 Å². The summed E-state index contributed by atoms with van der Waals surface area (Å²) < 4.78 is 6.34. The molecular formula is C43H49N9O3. The van der Waals surface area contributed by atoms with Gasteiger partial charge in [-0.05, 0) is 71.1 Å². The van der Waals surface area contributed by atoms with E-state index in [-0.39, 0.29) is 42.0 Å². The number of nitrogens with one attached hydrogen (secondary N) is 2. The number of likely N-dealkylation sites (tertiary alicyclic amines) is 2. The van der Waals surface area contributed by atoms with E-state index in [1.807, 2.05) is 133 Å². The Bertz CT molecular complexity index is 2140. The van der Waals surface area contributed by atoms with Crippen LogP contribution in [0.4, 0.5) is 0 Å². The van der Waals surface area contributed by atoms with Crippen molar-refractivity contribution in [2.45, 2.75) is 55.9 Å². The number of hydrogen-bond donors (Lipinski definition) is 2. The van der Waals surface area contributed by atoms with Gasteiger partial charge in [0.05, 0.1) is 30.2 Å². The first kappa shape index (κ1) is 36.4. The van der Waals surface area contributed by atoms with Crippen LogP contribution in [0, 0.1) is 0 Å². The zero-order chi connectivity index (χ0) is 38.1. The van der Waals surface area contributed by atoms with Crippen molar-refractivity contribution in [1.29, 1.82) is 0 Å². The molecule has 3 aromatic carbocycles. The predicted molar refractivity (Wildman–Crippen MR) is 212 cm³/mol. The normalized spacial score (nSPS) is 20.9. The number of amidine groups is 1. The highest BCUT2D eigenvalue weighted by molar-refractivity contribution is 5.94. The second-order valence-corrected chi connectivity index (χ2v) is 15.2. The first-order chi connectivity index (χ1) is 26.8. The van der Waals surface area contributed by atoms with Crippen LogP contribution in [0.3, 0.4) is 0 Å². The van der Waals surface area contributed by atoms with Crippen LogP contribution in [0.25, 0.3) is 22.6 Å². The molecule has 284 valence electrons. The molecule has 55 heavy (non-hydrogen) atoms. The Morgan fingerprint density at radius 2 is 1.35 bits per heavy atom. The molecule has 0 radical (unpaired) electrons. The third-order valence-electron chi connectivity index (χ3n) is 11.1. The molecule has 1 unspecified atom stereocenters. The third-order valence-corrected chi connectivity index (χ3v) is 11.1. The number of imidazole rings is 1. The topological polar surface area (TPSA) is 126 Å². The van der Waals surface area contributed by atoms with Crippen molar-refractivity contribution < 1.29 is 14.0 Å². The van der Waals surface area contributed by atoms with Crippen molar-refractivity contribution >= 4 is 17.6 Å². The van der Waals surface area contributed by atoms with Gasteiger partial charge in [-0.1, -0.05) is 78.9 Å². The number of H-pyrrole nitrogens is 1. The first-order valence-electron chi connectivity index (χ1n) is 19.2. The number of hydrogen-bond acceptors (Lipinski definition) is 9. The van der Waals surface area contributed by atoms with Gasteiger partial charge in [-0.2, -0.15) is 0 Å². The highest BCUT2D eigenvalue weighted by atomic mass is 16.4. The number of aliphatic imine (C=N–C) groups is 1. The lowest BCUT2D eigenvalue weighted by Gasteiger charge is -2.32. The molecule has 2 amide bonds. The molecular weight excluding hydrogens is 691 g/mol. The average Bonchev–Trinajstić information content (AvgIpc) is 4.04. The van der Waals surface area contributed by atoms with Crippen molar-refractivity contribution in [2.75, 3.05) is 47.8 Å². The minimum Gasteiger partial charge on any atom is -0.438 e. The van der Waals surface area contributed by atoms with E-state index in [0.717, 1.165) is 65.3 Å². The van der Waals surface area contributed by atoms with Crippen LogP contribution < -0.4 is 5.32 Å². The Balaban J connectivity index is 0.960. The van der Waals surface area contributed by atoms with Crippen molar-refractivity contribution in [3.8, 4) is 22.6 Å². The molecule has 3 aliphatic heterocycles. The molecule has 0 aliphatic carbocycles. The Labute approximate surface area is 322 Å². The van der Waals surface area contributed by atoms with E-state index in [1.54, 1.807) is 6.20 Å². The van der Waals surface area contributed by atoms with E-state index in [9.17, 15) is 9.59 Å². The fourth-order valence-corrected chi connectivity index (χ4v) is 8.41. The number of carbonyl (C=O) groups excluding carboxylic acids is 2. The molecule has 8 rings (SSSR count). The maximum atomic E-state index is 14.0. The summed E-state index contributed by atoms with van der Waals surface area (Å²) in [6.45, 7) is 1.96. The van der Waals surface area contributed by atoms with Gasteiger partial charge in [-0.25, -0.2) is 9.97 Å². The molecule has 3 aliphatic rings. The molecule has 0 bridgehead atoms. The van der Waals surface area contributed by atoms with Gasteiger partial charge in [0.25, 0.3) is 0 Å². The van der Waals surface area contributed by atoms with Crippen LogP contribution in [0.1, 0.15) is 72.7 Å². The molecule has 2 aromatic heterocycles. The van der Waals surface area contributed by atoms with Crippen molar-refractivity contribution in [1.82, 2.24) is 39.9 Å². The fourth-order valence-electron chi connectivity index (χ4n) is 8.41. The first-order valence-corrected chi connectivity index (χ1v) is 19.2. The maximum Gasteiger partial charge on any atom is 0.245 e. The Kier molecular flexibility index (Phi) is 10.3. The number of likely N-dealkylation sites (N-methyl/N-ethyl adjacent to an activating group) is 2. The second-order valence-electron chi connectivity index (χ2n) is 15.2. The standard InChI is InChI=1S/C43H49N9O3/c1-49(2)37(28-14-7-5-8-15-28)42(53)51-22-12-20-34(51)39-44-25-32(47-39)30-18-11-19-31(24-30)36-27-46-41(55-36)33-26-45-40(48-33)35-21-13-23-52(35)43(54)38(50(3)4)29-16-9-6-10-17-29/h5-11,14-19,24-25,27,33-35,37-38H,12-13,20-23,26H2,1-4H3,(H,44,47)(H,45,48)/t33?,34-,35-,37+,38+/m0/s1. The van der Waals surface area contributed by atoms with Crippen molar-refractivity contribution in [2.24, 2.45) is 4.99 Å². The quantitative estimate of drug-likeness (QED) is 0.168. The summed E-state index contributed by atoms with van der Waals surface area (Å²) in [5, 5.41) is 3.48. The van der Waals surface area contributed by atoms with Gasteiger partial charge in [0, 0.05) is 30.8 Å². The van der Waals surface area contributed by atoms with Gasteiger partial charge >= 0.3 is 0 Å². The average molecular weight is 740 g/mol. The summed E-state index contributed by atoms with van der Waals surface area (Å²) in [4.78, 5) is 53.8. The highest BCUT2D eigenvalue weighted by Gasteiger charge is 2.40. The van der Waals surface area contributed by atoms with E-state index in [0.29, 0.717) is 31.3 Å². The van der Waals surface area contributed by atoms with Crippen LogP contribution in [0.15, 0.2) is 107 Å². The Hall–Kier alpha value is -5.59. The minimum atomic E-state index is -0.362. The van der Waals surface area contributed by atoms with Gasteiger partial charge in [0.1, 0.15) is 29.8 Å². The van der Waals surface area contributed by atoms with Crippen LogP contribution in [0.2, 0.25) is 0 Å². The maximum absolute atomic E-state index is 14.0. The number of amides is 2. The third kappa shape index (κ3) is 7.31. The zero-order valence-electron chi connectivity index (χ0n) is 31.9. The van der Waals surface area contributed by atoms with Crippen molar-refractivity contribution in [3.63, 3.8) is 0 Å². The number of rotatable bonds is 11. The summed E-state index contributed by atoms with van der Waals surface area (Å²) in [6.07, 6.45) is 7.17. The summed E-state index contributed by atoms with van der Waals surface area (Å²) in [7, 11) is 7.80. The lowest BCUT2D eigenvalue weighted by Crippen LogP contribution is -2.48. The van der Waals surface area contributed by atoms with E-state index in [1.165, 1.54) is 0 Å². The molecule has 2 fully saturated rings. The molecule has 5 aromatic rings. The number of benzene rings is 3. The van der Waals surface area contributed by atoms with E-state index < -0.39 is 0 Å². The second kappa shape index (κ2) is 15.6. The summed E-state index contributed by atoms with van der Waals surface area (Å²) in [5.74, 6) is 2.97. The molecule has 2 saturated heterocycles. The Morgan fingerprint density at radius 1 is 0.745 bits per heavy atom. The van der Waals surface area contributed by atoms with Gasteiger partial charge in [0.15, 0.2) is 5.76 Å². The van der Waals surface area contributed by atoms with Crippen LogP contribution in [0.5, 0.6) is 0 Å². The van der Waals surface area contributed by atoms with Gasteiger partial charge in [-0.15, -0.1) is 0 Å². The number of aromatic nitrogens is 3. The molecule has 12 nitrogen and oxygen atoms in total. The van der Waals surface area contributed by atoms with Crippen molar-refractivity contribution in [3.05, 3.63) is 120 Å². The molecule has 0 spiro atoms. The number of oxazole rings is 1.